The molecule has 256 valence electrons. The largest absolute Gasteiger partial charge is 0.387 e. The van der Waals surface area contributed by atoms with Gasteiger partial charge in [0.25, 0.3) is 0 Å². The summed E-state index contributed by atoms with van der Waals surface area (Å²) in [6.07, 6.45) is 3.74. The third kappa shape index (κ3) is 7.41. The molecule has 0 unspecified atom stereocenters. The second-order valence-corrected chi connectivity index (χ2v) is 15.2. The van der Waals surface area contributed by atoms with E-state index in [0.29, 0.717) is 36.8 Å². The van der Waals surface area contributed by atoms with Crippen LogP contribution < -0.4 is 10.6 Å². The van der Waals surface area contributed by atoms with E-state index in [1.54, 1.807) is 19.1 Å². The number of nitrogens with one attached hydrogen (secondary N) is 2. The van der Waals surface area contributed by atoms with E-state index in [4.69, 9.17) is 21.2 Å². The van der Waals surface area contributed by atoms with Crippen LogP contribution in [0.2, 0.25) is 5.02 Å². The van der Waals surface area contributed by atoms with Crippen LogP contribution in [0.5, 0.6) is 0 Å². The van der Waals surface area contributed by atoms with E-state index in [9.17, 15) is 24.0 Å². The Morgan fingerprint density at radius 3 is 2.43 bits per heavy atom. The molecule has 1 saturated carbocycles. The second-order valence-electron chi connectivity index (χ2n) is 14.7. The summed E-state index contributed by atoms with van der Waals surface area (Å²) in [4.78, 5) is 75.0. The van der Waals surface area contributed by atoms with Gasteiger partial charge < -0.3 is 25.1 Å². The van der Waals surface area contributed by atoms with Gasteiger partial charge >= 0.3 is 0 Å². The number of amides is 3. The van der Waals surface area contributed by atoms with Gasteiger partial charge in [0.2, 0.25) is 23.5 Å². The van der Waals surface area contributed by atoms with Crippen molar-refractivity contribution in [2.75, 3.05) is 19.8 Å². The number of halogens is 1. The van der Waals surface area contributed by atoms with E-state index in [1.807, 2.05) is 39.8 Å². The number of likely N-dealkylation sites (tertiary alicyclic amines) is 1. The Labute approximate surface area is 281 Å². The van der Waals surface area contributed by atoms with Gasteiger partial charge in [0.1, 0.15) is 12.1 Å². The van der Waals surface area contributed by atoms with Gasteiger partial charge in [-0.05, 0) is 48.6 Å². The number of rotatable bonds is 11. The molecule has 3 amide bonds. The molecule has 0 radical (unpaired) electrons. The van der Waals surface area contributed by atoms with Gasteiger partial charge in [-0.3, -0.25) is 24.0 Å². The van der Waals surface area contributed by atoms with Crippen LogP contribution in [0.15, 0.2) is 29.4 Å². The summed E-state index contributed by atoms with van der Waals surface area (Å²) < 4.78 is 5.51. The molecule has 4 aliphatic rings. The zero-order chi connectivity index (χ0) is 34.1. The van der Waals surface area contributed by atoms with Crippen molar-refractivity contribution in [3.05, 3.63) is 34.9 Å². The molecular formula is C35H47ClN4O7. The number of oxime groups is 1. The standard InChI is InChI=1S/C35H47ClN4O7/c1-6-9-24(28(42)27(41)7-2)37-31(44)26-19-35(18-25(39-47-35)21-10-8-11-22(36)16-21)20-40(26)32(45)29(33(3,4)5)38-30(43)23-17-34(23)12-14-46-15-13-34/h8,10-11,16,23-24,26,29H,6-7,9,12-15,17-20H2,1-5H3,(H,37,44)(H,38,43)/t23-,24-,26-,29+,35+/m0/s1. The Morgan fingerprint density at radius 1 is 1.06 bits per heavy atom. The molecule has 2 saturated heterocycles. The first kappa shape index (κ1) is 35.0. The van der Waals surface area contributed by atoms with Crippen molar-refractivity contribution in [3.8, 4) is 0 Å². The number of hydrogen-bond donors (Lipinski definition) is 2. The summed E-state index contributed by atoms with van der Waals surface area (Å²) in [6, 6.07) is 4.28. The van der Waals surface area contributed by atoms with E-state index in [0.717, 1.165) is 24.8 Å². The second kappa shape index (κ2) is 13.7. The van der Waals surface area contributed by atoms with Crippen LogP contribution in [0.3, 0.4) is 0 Å². The quantitative estimate of drug-likeness (QED) is 0.339. The van der Waals surface area contributed by atoms with Gasteiger partial charge in [-0.2, -0.15) is 0 Å². The molecule has 1 aliphatic carbocycles. The van der Waals surface area contributed by atoms with Crippen LogP contribution in [0.1, 0.15) is 91.5 Å². The molecule has 3 fully saturated rings. The molecule has 2 spiro atoms. The molecule has 11 nitrogen and oxygen atoms in total. The van der Waals surface area contributed by atoms with Crippen molar-refractivity contribution in [1.29, 1.82) is 0 Å². The van der Waals surface area contributed by atoms with Crippen molar-refractivity contribution in [2.45, 2.75) is 110 Å². The SMILES string of the molecule is CCC[C@H](NC(=O)[C@@H]1C[C@]2(CC(c3cccc(Cl)c3)=NO2)CN1C(=O)[C@@H](NC(=O)[C@@H]1CC12CCOCC2)C(C)(C)C)C(=O)C(=O)CC. The van der Waals surface area contributed by atoms with Crippen molar-refractivity contribution < 1.29 is 33.5 Å². The van der Waals surface area contributed by atoms with Crippen molar-refractivity contribution in [1.82, 2.24) is 15.5 Å². The number of carbonyl (C=O) groups is 5. The Hall–Kier alpha value is -3.31. The van der Waals surface area contributed by atoms with Gasteiger partial charge in [0.05, 0.1) is 18.3 Å². The zero-order valence-electron chi connectivity index (χ0n) is 28.0. The Bertz CT molecular complexity index is 1450. The van der Waals surface area contributed by atoms with Crippen LogP contribution in [0.4, 0.5) is 0 Å². The summed E-state index contributed by atoms with van der Waals surface area (Å²) in [5.74, 6) is -2.51. The highest BCUT2D eigenvalue weighted by Gasteiger charge is 2.60. The van der Waals surface area contributed by atoms with Gasteiger partial charge in [-0.1, -0.05) is 69.9 Å². The number of benzene rings is 1. The van der Waals surface area contributed by atoms with Crippen LogP contribution >= 0.6 is 11.6 Å². The minimum atomic E-state index is -1.02. The average Bonchev–Trinajstić information content (AvgIpc) is 3.37. The van der Waals surface area contributed by atoms with Gasteiger partial charge in [0.15, 0.2) is 11.4 Å². The normalized spacial score (nSPS) is 25.9. The van der Waals surface area contributed by atoms with Crippen LogP contribution in [0, 0.1) is 16.7 Å². The Kier molecular flexibility index (Phi) is 10.2. The van der Waals surface area contributed by atoms with E-state index in [2.05, 4.69) is 15.8 Å². The number of ether oxygens (including phenoxy) is 1. The van der Waals surface area contributed by atoms with Crippen molar-refractivity contribution in [2.24, 2.45) is 21.9 Å². The summed E-state index contributed by atoms with van der Waals surface area (Å²) in [6.45, 7) is 10.4. The predicted octanol–water partition coefficient (Wildman–Crippen LogP) is 3.98. The fourth-order valence-corrected chi connectivity index (χ4v) is 7.44. The smallest absolute Gasteiger partial charge is 0.246 e. The molecule has 47 heavy (non-hydrogen) atoms. The van der Waals surface area contributed by atoms with E-state index in [1.165, 1.54) is 4.90 Å². The molecule has 12 heteroatoms. The lowest BCUT2D eigenvalue weighted by Crippen LogP contribution is -2.59. The minimum Gasteiger partial charge on any atom is -0.387 e. The first-order chi connectivity index (χ1) is 22.2. The molecule has 0 aromatic heterocycles. The fraction of sp³-hybridized carbons (Fsp3) is 0.657. The highest BCUT2D eigenvalue weighted by molar-refractivity contribution is 6.39. The van der Waals surface area contributed by atoms with E-state index >= 15 is 0 Å². The number of carbonyl (C=O) groups excluding carboxylic acids is 5. The maximum atomic E-state index is 14.6. The highest BCUT2D eigenvalue weighted by atomic mass is 35.5. The van der Waals surface area contributed by atoms with Gasteiger partial charge in [0, 0.05) is 49.0 Å². The zero-order valence-corrected chi connectivity index (χ0v) is 28.8. The Morgan fingerprint density at radius 2 is 1.79 bits per heavy atom. The minimum absolute atomic E-state index is 0.0335. The molecule has 0 bridgehead atoms. The van der Waals surface area contributed by atoms with Gasteiger partial charge in [-0.25, -0.2) is 0 Å². The number of nitrogens with zero attached hydrogens (tertiary/aromatic N) is 2. The third-order valence-electron chi connectivity index (χ3n) is 10.2. The fourth-order valence-electron chi connectivity index (χ4n) is 7.25. The molecule has 2 N–H and O–H groups in total. The van der Waals surface area contributed by atoms with Crippen LogP contribution in [-0.2, 0) is 33.5 Å². The van der Waals surface area contributed by atoms with E-state index in [-0.39, 0.29) is 43.0 Å². The van der Waals surface area contributed by atoms with Crippen LogP contribution in [0.25, 0.3) is 0 Å². The van der Waals surface area contributed by atoms with Crippen molar-refractivity contribution >= 4 is 46.6 Å². The molecule has 1 aromatic rings. The maximum Gasteiger partial charge on any atom is 0.246 e. The number of Topliss-reactive ketones (excluding diaryl/α,β-unsaturated/α-hetero) is 2. The third-order valence-corrected chi connectivity index (χ3v) is 10.4. The maximum absolute atomic E-state index is 14.6. The highest BCUT2D eigenvalue weighted by Crippen LogP contribution is 2.59. The van der Waals surface area contributed by atoms with Gasteiger partial charge in [-0.15, -0.1) is 0 Å². The summed E-state index contributed by atoms with van der Waals surface area (Å²) in [5.41, 5.74) is -0.346. The molecule has 3 heterocycles. The molecule has 5 atom stereocenters. The lowest BCUT2D eigenvalue weighted by molar-refractivity contribution is -0.145. The first-order valence-corrected chi connectivity index (χ1v) is 17.2. The predicted molar refractivity (Wildman–Crippen MR) is 176 cm³/mol. The Balaban J connectivity index is 1.40. The monoisotopic (exact) mass is 670 g/mol. The molecular weight excluding hydrogens is 624 g/mol. The number of ketones is 2. The first-order valence-electron chi connectivity index (χ1n) is 16.8. The molecule has 3 aliphatic heterocycles. The topological polar surface area (TPSA) is 143 Å². The summed E-state index contributed by atoms with van der Waals surface area (Å²) in [7, 11) is 0. The van der Waals surface area contributed by atoms with Crippen molar-refractivity contribution in [3.63, 3.8) is 0 Å². The van der Waals surface area contributed by atoms with E-state index < -0.39 is 52.5 Å². The lowest BCUT2D eigenvalue weighted by Gasteiger charge is -2.36. The number of hydrogen-bond acceptors (Lipinski definition) is 8. The average molecular weight is 671 g/mol. The van der Waals surface area contributed by atoms with Crippen LogP contribution in [-0.4, -0.2) is 83.4 Å². The molecule has 1 aromatic carbocycles. The molecule has 5 rings (SSSR count). The lowest BCUT2D eigenvalue weighted by atomic mass is 9.85. The summed E-state index contributed by atoms with van der Waals surface area (Å²) in [5, 5.41) is 10.7. The summed E-state index contributed by atoms with van der Waals surface area (Å²) >= 11 is 6.24.